The molecule has 3 aliphatic rings. The average molecular weight is 589 g/mol. The van der Waals surface area contributed by atoms with Crippen molar-refractivity contribution in [1.29, 1.82) is 0 Å². The summed E-state index contributed by atoms with van der Waals surface area (Å²) in [5.74, 6) is -3.14. The van der Waals surface area contributed by atoms with E-state index in [0.717, 1.165) is 10.8 Å². The summed E-state index contributed by atoms with van der Waals surface area (Å²) in [6.45, 7) is 15.5. The number of rotatable bonds is 12. The highest BCUT2D eigenvalue weighted by Gasteiger charge is 2.81. The lowest BCUT2D eigenvalue weighted by molar-refractivity contribution is -0.162. The first-order valence-corrected chi connectivity index (χ1v) is 15.4. The summed E-state index contributed by atoms with van der Waals surface area (Å²) in [6.07, 6.45) is 4.95. The summed E-state index contributed by atoms with van der Waals surface area (Å²) >= 11 is 0. The van der Waals surface area contributed by atoms with E-state index < -0.39 is 41.1 Å². The topological polar surface area (TPSA) is 96.4 Å². The van der Waals surface area contributed by atoms with Crippen LogP contribution in [0.4, 0.5) is 5.69 Å². The molecule has 5 rings (SSSR count). The Morgan fingerprint density at radius 1 is 1.21 bits per heavy atom. The number of hydrogen-bond acceptors (Lipinski definition) is 6. The number of aliphatic hydroxyl groups is 1. The normalized spacial score (nSPS) is 30.6. The van der Waals surface area contributed by atoms with Gasteiger partial charge < -0.3 is 24.4 Å². The van der Waals surface area contributed by atoms with Crippen molar-refractivity contribution in [3.05, 3.63) is 67.8 Å². The number of ether oxygens (including phenoxy) is 2. The van der Waals surface area contributed by atoms with E-state index in [-0.39, 0.29) is 43.4 Å². The van der Waals surface area contributed by atoms with Gasteiger partial charge in [0.1, 0.15) is 17.6 Å². The highest BCUT2D eigenvalue weighted by atomic mass is 16.6. The molecule has 3 aliphatic heterocycles. The van der Waals surface area contributed by atoms with Crippen LogP contribution in [0.2, 0.25) is 0 Å². The van der Waals surface area contributed by atoms with Crippen molar-refractivity contribution in [2.24, 2.45) is 23.7 Å². The first-order chi connectivity index (χ1) is 20.6. The van der Waals surface area contributed by atoms with Gasteiger partial charge in [0.25, 0.3) is 5.91 Å². The highest BCUT2D eigenvalue weighted by Crippen LogP contribution is 2.66. The molecule has 0 aliphatic carbocycles. The maximum absolute atomic E-state index is 15.0. The standard InChI is InChI=1S/C35H44N2O6/c1-7-10-18-42-33(41)29-28-31(39)37(27(21-38)22(4)9-3)30(35(28)20-23(5)34(29,6)43-35)32(40)36(17-8-2)26-16-15-24-13-11-12-14-25(24)19-26/h7-8,11-16,19,22-23,27-30,38H,1-2,9-10,17-18,20-21H2,3-6H3/t22-,23?,27-,28-,29-,30?,34+,35?/m0/s1. The van der Waals surface area contributed by atoms with Crippen LogP contribution in [0.1, 0.15) is 47.0 Å². The summed E-state index contributed by atoms with van der Waals surface area (Å²) in [6, 6.07) is 12.1. The Bertz CT molecular complexity index is 1420. The minimum atomic E-state index is -1.25. The lowest BCUT2D eigenvalue weighted by Crippen LogP contribution is -2.60. The third-order valence-corrected chi connectivity index (χ3v) is 10.3. The smallest absolute Gasteiger partial charge is 0.312 e. The van der Waals surface area contributed by atoms with Gasteiger partial charge in [-0.25, -0.2) is 0 Å². The molecule has 43 heavy (non-hydrogen) atoms. The Hall–Kier alpha value is -3.49. The number of likely N-dealkylation sites (tertiary alicyclic amines) is 1. The molecular formula is C35H44N2O6. The molecule has 0 radical (unpaired) electrons. The number of nitrogens with zero attached hydrogens (tertiary/aromatic N) is 2. The molecule has 3 heterocycles. The molecular weight excluding hydrogens is 544 g/mol. The fourth-order valence-corrected chi connectivity index (χ4v) is 7.76. The Morgan fingerprint density at radius 3 is 2.58 bits per heavy atom. The number of carbonyl (C=O) groups excluding carboxylic acids is 3. The predicted molar refractivity (Wildman–Crippen MR) is 166 cm³/mol. The fourth-order valence-electron chi connectivity index (χ4n) is 7.76. The van der Waals surface area contributed by atoms with E-state index in [1.165, 1.54) is 0 Å². The molecule has 0 saturated carbocycles. The molecule has 2 bridgehead atoms. The number of carbonyl (C=O) groups is 3. The molecule has 1 spiro atoms. The lowest BCUT2D eigenvalue weighted by atomic mass is 9.62. The van der Waals surface area contributed by atoms with Crippen LogP contribution in [-0.4, -0.2) is 70.8 Å². The Morgan fingerprint density at radius 2 is 1.93 bits per heavy atom. The van der Waals surface area contributed by atoms with Crippen molar-refractivity contribution in [3.8, 4) is 0 Å². The van der Waals surface area contributed by atoms with Crippen LogP contribution in [-0.2, 0) is 23.9 Å². The number of aliphatic hydroxyl groups excluding tert-OH is 1. The molecule has 2 aromatic rings. The fraction of sp³-hybridized carbons (Fsp3) is 0.514. The molecule has 8 atom stereocenters. The molecule has 3 saturated heterocycles. The molecule has 230 valence electrons. The van der Waals surface area contributed by atoms with Crippen LogP contribution < -0.4 is 4.90 Å². The van der Waals surface area contributed by atoms with Gasteiger partial charge in [0.15, 0.2) is 0 Å². The van der Waals surface area contributed by atoms with E-state index in [1.54, 1.807) is 22.0 Å². The average Bonchev–Trinajstić information content (AvgIpc) is 3.52. The number of amides is 2. The second kappa shape index (κ2) is 11.9. The van der Waals surface area contributed by atoms with Crippen molar-refractivity contribution in [2.75, 3.05) is 24.7 Å². The van der Waals surface area contributed by atoms with E-state index in [4.69, 9.17) is 9.47 Å². The van der Waals surface area contributed by atoms with Gasteiger partial charge in [-0.2, -0.15) is 0 Å². The maximum Gasteiger partial charge on any atom is 0.312 e. The summed E-state index contributed by atoms with van der Waals surface area (Å²) in [5.41, 5.74) is -1.55. The Labute approximate surface area is 254 Å². The summed E-state index contributed by atoms with van der Waals surface area (Å²) in [4.78, 5) is 46.5. The second-order valence-electron chi connectivity index (χ2n) is 12.6. The number of benzene rings is 2. The molecule has 8 heteroatoms. The zero-order valence-corrected chi connectivity index (χ0v) is 25.7. The van der Waals surface area contributed by atoms with Crippen molar-refractivity contribution in [3.63, 3.8) is 0 Å². The van der Waals surface area contributed by atoms with Gasteiger partial charge in [-0.1, -0.05) is 69.7 Å². The van der Waals surface area contributed by atoms with Crippen LogP contribution in [0.5, 0.6) is 0 Å². The van der Waals surface area contributed by atoms with E-state index in [1.807, 2.05) is 70.2 Å². The van der Waals surface area contributed by atoms with Crippen molar-refractivity contribution >= 4 is 34.2 Å². The van der Waals surface area contributed by atoms with Crippen LogP contribution in [0, 0.1) is 23.7 Å². The first-order valence-electron chi connectivity index (χ1n) is 15.4. The molecule has 3 fully saturated rings. The molecule has 3 unspecified atom stereocenters. The van der Waals surface area contributed by atoms with Crippen molar-refractivity contribution in [2.45, 2.75) is 70.2 Å². The molecule has 8 nitrogen and oxygen atoms in total. The van der Waals surface area contributed by atoms with Gasteiger partial charge in [0, 0.05) is 12.2 Å². The molecule has 0 aromatic heterocycles. The quantitative estimate of drug-likeness (QED) is 0.215. The highest BCUT2D eigenvalue weighted by molar-refractivity contribution is 6.06. The van der Waals surface area contributed by atoms with Gasteiger partial charge >= 0.3 is 5.97 Å². The first kappa shape index (κ1) is 31.0. The minimum Gasteiger partial charge on any atom is -0.465 e. The van der Waals surface area contributed by atoms with Gasteiger partial charge in [0.2, 0.25) is 5.91 Å². The van der Waals surface area contributed by atoms with Crippen LogP contribution in [0.3, 0.4) is 0 Å². The zero-order chi connectivity index (χ0) is 31.1. The zero-order valence-electron chi connectivity index (χ0n) is 25.7. The second-order valence-corrected chi connectivity index (χ2v) is 12.6. The lowest BCUT2D eigenvalue weighted by Gasteiger charge is -2.41. The molecule has 1 N–H and O–H groups in total. The number of esters is 1. The van der Waals surface area contributed by atoms with Gasteiger partial charge in [-0.3, -0.25) is 14.4 Å². The van der Waals surface area contributed by atoms with Crippen molar-refractivity contribution in [1.82, 2.24) is 4.90 Å². The Kier molecular flexibility index (Phi) is 8.56. The third kappa shape index (κ3) is 4.79. The monoisotopic (exact) mass is 588 g/mol. The summed E-state index contributed by atoms with van der Waals surface area (Å²) in [7, 11) is 0. The molecule has 2 amide bonds. The van der Waals surface area contributed by atoms with Crippen LogP contribution in [0.15, 0.2) is 67.8 Å². The van der Waals surface area contributed by atoms with Crippen LogP contribution >= 0.6 is 0 Å². The van der Waals surface area contributed by atoms with E-state index >= 15 is 0 Å². The number of anilines is 1. The van der Waals surface area contributed by atoms with E-state index in [0.29, 0.717) is 24.9 Å². The molecule has 2 aromatic carbocycles. The number of fused-ring (bicyclic) bond motifs is 2. The van der Waals surface area contributed by atoms with Gasteiger partial charge in [-0.05, 0) is 54.5 Å². The SMILES string of the molecule is C=CCCOC(=O)[C@@H]1[C@H]2C(=O)N([C@@H](CO)[C@@H](C)CC)C(C(=O)N(CC=C)c3ccc4ccccc4c3)C23CC(C)[C@@]1(C)O3. The summed E-state index contributed by atoms with van der Waals surface area (Å²) < 4.78 is 12.5. The Balaban J connectivity index is 1.64. The van der Waals surface area contributed by atoms with Gasteiger partial charge in [0.05, 0.1) is 30.8 Å². The summed E-state index contributed by atoms with van der Waals surface area (Å²) in [5, 5.41) is 12.7. The van der Waals surface area contributed by atoms with E-state index in [2.05, 4.69) is 13.2 Å². The number of hydrogen-bond donors (Lipinski definition) is 1. The van der Waals surface area contributed by atoms with Crippen LogP contribution in [0.25, 0.3) is 10.8 Å². The van der Waals surface area contributed by atoms with E-state index in [9.17, 15) is 19.5 Å². The maximum atomic E-state index is 15.0. The third-order valence-electron chi connectivity index (χ3n) is 10.3. The predicted octanol–water partition coefficient (Wildman–Crippen LogP) is 4.90. The van der Waals surface area contributed by atoms with Crippen molar-refractivity contribution < 1.29 is 29.0 Å². The minimum absolute atomic E-state index is 0.101. The largest absolute Gasteiger partial charge is 0.465 e. The van der Waals surface area contributed by atoms with Gasteiger partial charge in [-0.15, -0.1) is 13.2 Å².